The third-order valence-corrected chi connectivity index (χ3v) is 17.4. The van der Waals surface area contributed by atoms with Gasteiger partial charge in [-0.1, -0.05) is 136 Å². The average molecular weight is 1330 g/mol. The fourth-order valence-corrected chi connectivity index (χ4v) is 11.5. The van der Waals surface area contributed by atoms with Crippen LogP contribution in [0.15, 0.2) is 60.7 Å². The maximum absolute atomic E-state index is 14.9. The number of aliphatic hydroxyl groups excluding tert-OH is 1. The van der Waals surface area contributed by atoms with Crippen LogP contribution in [-0.4, -0.2) is 215 Å². The predicted octanol–water partition coefficient (Wildman–Crippen LogP) is 3.10. The molecule has 1 saturated heterocycles. The molecule has 1 aliphatic rings. The monoisotopic (exact) mass is 1330 g/mol. The minimum Gasteiger partial charge on any atom is -0.391 e. The number of likely N-dealkylation sites (tertiary alicyclic amines) is 1. The second-order valence-corrected chi connectivity index (χ2v) is 27.5. The first-order chi connectivity index (χ1) is 44.6. The molecule has 1 aliphatic heterocycles. The molecule has 2 aromatic rings. The number of rotatable bonds is 38. The van der Waals surface area contributed by atoms with Gasteiger partial charge in [-0.15, -0.1) is 0 Å². The van der Waals surface area contributed by atoms with Crippen LogP contribution in [0.1, 0.15) is 153 Å². The van der Waals surface area contributed by atoms with Gasteiger partial charge in [-0.3, -0.25) is 57.5 Å². The number of nitrogens with one attached hydrogen (secondary N) is 7. The zero-order valence-corrected chi connectivity index (χ0v) is 59.4. The lowest BCUT2D eigenvalue weighted by Gasteiger charge is -2.35. The molecule has 12 atom stereocenters. The smallest absolute Gasteiger partial charge is 0.255 e. The van der Waals surface area contributed by atoms with Gasteiger partial charge in [0.2, 0.25) is 59.6 Å². The first-order valence-electron chi connectivity index (χ1n) is 33.7. The Labute approximate surface area is 563 Å². The zero-order valence-electron chi connectivity index (χ0n) is 59.4. The number of benzene rings is 2. The number of hydrogen-bond donors (Lipinski definition) is 8. The maximum atomic E-state index is 14.9. The molecule has 0 spiro atoms. The van der Waals surface area contributed by atoms with Gasteiger partial charge in [0.25, 0.3) is 11.8 Å². The number of hydrogen-bond acceptors (Lipinski definition) is 13. The number of likely N-dealkylation sites (N-methyl/N-ethyl adjacent to an activating group) is 4. The second-order valence-electron chi connectivity index (χ2n) is 27.5. The molecule has 0 radical (unpaired) electrons. The number of aliphatic hydroxyl groups is 1. The van der Waals surface area contributed by atoms with Crippen LogP contribution >= 0.6 is 0 Å². The summed E-state index contributed by atoms with van der Waals surface area (Å²) in [6, 6.07) is 6.11. The third kappa shape index (κ3) is 25.9. The van der Waals surface area contributed by atoms with Crippen molar-refractivity contribution in [3.05, 3.63) is 71.8 Å². The molecular formula is C70H112N12O13. The van der Waals surface area contributed by atoms with Crippen molar-refractivity contribution in [2.45, 2.75) is 221 Å². The van der Waals surface area contributed by atoms with Crippen molar-refractivity contribution in [1.29, 1.82) is 0 Å². The summed E-state index contributed by atoms with van der Waals surface area (Å²) >= 11 is 0. The first kappa shape index (κ1) is 81.3. The van der Waals surface area contributed by atoms with Crippen LogP contribution in [0.4, 0.5) is 0 Å². The van der Waals surface area contributed by atoms with Gasteiger partial charge in [0, 0.05) is 60.2 Å². The van der Waals surface area contributed by atoms with Crippen molar-refractivity contribution < 1.29 is 62.6 Å². The summed E-state index contributed by atoms with van der Waals surface area (Å²) in [5, 5.41) is 29.9. The van der Waals surface area contributed by atoms with Crippen molar-refractivity contribution in [1.82, 2.24) is 61.7 Å². The second kappa shape index (κ2) is 39.8. The summed E-state index contributed by atoms with van der Waals surface area (Å²) < 4.78 is 0. The normalized spacial score (nSPS) is 16.2. The van der Waals surface area contributed by atoms with E-state index in [4.69, 9.17) is 0 Å². The SMILES string of the molecule is CC[C@H](C)[C@H](NC=O)C(=O)NC(C(=O)N(C)CC(=O)N[C@@H](CC(C)C)C(=O)N(C)[C@@H](C)C(=O)N[C@H](C(=O)N[C@@H](Cc1ccccc1)C(=O)N[C@@H](CC(C)C)C(=O)N(C)[C@@H](CC(C)C)C(=O)N[C@@H](Cc1ccccc1)C(=O)N(C)[C@H](C)CC(C)C)C(C)O)C(=O)N1CCCCC1. The highest BCUT2D eigenvalue weighted by Crippen LogP contribution is 2.20. The molecule has 0 aliphatic carbocycles. The van der Waals surface area contributed by atoms with Crippen molar-refractivity contribution in [3.63, 3.8) is 0 Å². The Morgan fingerprint density at radius 1 is 0.495 bits per heavy atom. The molecule has 12 amide bonds. The summed E-state index contributed by atoms with van der Waals surface area (Å²) in [5.74, 6) is -8.50. The highest BCUT2D eigenvalue weighted by atomic mass is 16.3. The molecule has 1 heterocycles. The zero-order chi connectivity index (χ0) is 71.6. The summed E-state index contributed by atoms with van der Waals surface area (Å²) in [5.41, 5.74) is 1.43. The topological polar surface area (TPSA) is 325 Å². The quantitative estimate of drug-likeness (QED) is 0.0355. The van der Waals surface area contributed by atoms with Crippen molar-refractivity contribution in [3.8, 4) is 0 Å². The number of nitrogens with zero attached hydrogens (tertiary/aromatic N) is 5. The number of amides is 12. The maximum Gasteiger partial charge on any atom is 0.255 e. The largest absolute Gasteiger partial charge is 0.391 e. The van der Waals surface area contributed by atoms with Gasteiger partial charge >= 0.3 is 0 Å². The highest BCUT2D eigenvalue weighted by molar-refractivity contribution is 6.08. The summed E-state index contributed by atoms with van der Waals surface area (Å²) in [7, 11) is 5.79. The van der Waals surface area contributed by atoms with E-state index in [1.54, 1.807) is 63.1 Å². The molecule has 0 bridgehead atoms. The Morgan fingerprint density at radius 2 is 0.958 bits per heavy atom. The van der Waals surface area contributed by atoms with Gasteiger partial charge in [-0.25, -0.2) is 0 Å². The van der Waals surface area contributed by atoms with Gasteiger partial charge < -0.3 is 66.8 Å². The van der Waals surface area contributed by atoms with Crippen LogP contribution in [0.2, 0.25) is 0 Å². The first-order valence-corrected chi connectivity index (χ1v) is 33.7. The highest BCUT2D eigenvalue weighted by Gasteiger charge is 2.41. The Balaban J connectivity index is 1.89. The van der Waals surface area contributed by atoms with Crippen LogP contribution in [-0.2, 0) is 70.4 Å². The van der Waals surface area contributed by atoms with Gasteiger partial charge in [0.15, 0.2) is 6.04 Å². The molecule has 1 fully saturated rings. The van der Waals surface area contributed by atoms with Gasteiger partial charge in [-0.2, -0.15) is 0 Å². The number of carbonyl (C=O) groups excluding carboxylic acids is 12. The average Bonchev–Trinajstić information content (AvgIpc) is 0.853. The molecule has 25 nitrogen and oxygen atoms in total. The number of piperidine rings is 1. The Hall–Kier alpha value is -7.96. The van der Waals surface area contributed by atoms with Gasteiger partial charge in [0.1, 0.15) is 48.3 Å². The van der Waals surface area contributed by atoms with Crippen molar-refractivity contribution in [2.24, 2.45) is 29.6 Å². The van der Waals surface area contributed by atoms with E-state index in [0.717, 1.165) is 28.2 Å². The van der Waals surface area contributed by atoms with Crippen LogP contribution in [0.25, 0.3) is 0 Å². The summed E-state index contributed by atoms with van der Waals surface area (Å²) in [4.78, 5) is 175. The van der Waals surface area contributed by atoms with E-state index in [1.807, 2.05) is 71.9 Å². The molecule has 2 unspecified atom stereocenters. The lowest BCUT2D eigenvalue weighted by molar-refractivity contribution is -0.148. The Bertz CT molecular complexity index is 2850. The molecule has 8 N–H and O–H groups in total. The lowest BCUT2D eigenvalue weighted by Crippen LogP contribution is -2.62. The minimum atomic E-state index is -1.74. The predicted molar refractivity (Wildman–Crippen MR) is 363 cm³/mol. The molecule has 530 valence electrons. The fraction of sp³-hybridized carbons (Fsp3) is 0.657. The van der Waals surface area contributed by atoms with Crippen LogP contribution in [0, 0.1) is 29.6 Å². The summed E-state index contributed by atoms with van der Waals surface area (Å²) in [6.45, 7) is 23.5. The third-order valence-electron chi connectivity index (χ3n) is 17.4. The lowest BCUT2D eigenvalue weighted by atomic mass is 9.97. The molecule has 95 heavy (non-hydrogen) atoms. The fourth-order valence-electron chi connectivity index (χ4n) is 11.5. The van der Waals surface area contributed by atoms with Gasteiger partial charge in [0.05, 0.1) is 12.6 Å². The van der Waals surface area contributed by atoms with E-state index in [-0.39, 0.29) is 67.7 Å². The minimum absolute atomic E-state index is 0.0686. The molecule has 0 aromatic heterocycles. The molecule has 2 aromatic carbocycles. The molecule has 25 heteroatoms. The Morgan fingerprint density at radius 3 is 1.45 bits per heavy atom. The van der Waals surface area contributed by atoms with Crippen LogP contribution < -0.4 is 37.2 Å². The Kier molecular flexibility index (Phi) is 34.0. The van der Waals surface area contributed by atoms with Crippen molar-refractivity contribution >= 4 is 71.4 Å². The molecule has 0 saturated carbocycles. The standard InChI is InChI=1S/C70H112N12O13/c1-18-46(10)58(71-41-83)64(89)77-60(70(95)82-32-26-21-27-33-82)69(94)78(14)40-57(85)72-53(35-43(4)5)67(92)80(16)48(12)61(86)76-59(49(13)84)65(90)73-52(38-50-28-22-19-23-29-50)62(87)74-54(36-44(6)7)68(93)81(17)56(37-45(8)9)63(88)75-55(39-51-30-24-20-25-31-51)66(91)79(15)47(11)34-42(2)3/h19-20,22-25,28-31,41-49,52-56,58-60,84H,18,21,26-27,32-40H2,1-17H3,(H,71,83)(H,72,85)(H,73,90)(H,74,87)(H,75,88)(H,76,86)(H,77,89)/t46-,47+,48-,49?,52-,53-,54-,55-,56-,58-,59-,60?/m0/s1. The van der Waals surface area contributed by atoms with Crippen LogP contribution in [0.3, 0.4) is 0 Å². The summed E-state index contributed by atoms with van der Waals surface area (Å²) in [6.07, 6.45) is 2.74. The van der Waals surface area contributed by atoms with E-state index in [0.29, 0.717) is 50.2 Å². The van der Waals surface area contributed by atoms with E-state index in [9.17, 15) is 62.6 Å². The van der Waals surface area contributed by atoms with Crippen LogP contribution in [0.5, 0.6) is 0 Å². The van der Waals surface area contributed by atoms with E-state index in [1.165, 1.54) is 44.8 Å². The van der Waals surface area contributed by atoms with E-state index < -0.39 is 126 Å². The molecule has 3 rings (SSSR count). The molecular weight excluding hydrogens is 1220 g/mol. The van der Waals surface area contributed by atoms with Gasteiger partial charge in [-0.05, 0) is 106 Å². The van der Waals surface area contributed by atoms with E-state index in [2.05, 4.69) is 51.1 Å². The van der Waals surface area contributed by atoms with E-state index >= 15 is 0 Å². The number of carbonyl (C=O) groups is 12. The van der Waals surface area contributed by atoms with Crippen molar-refractivity contribution in [2.75, 3.05) is 47.8 Å².